The van der Waals surface area contributed by atoms with Crippen LogP contribution < -0.4 is 5.32 Å². The summed E-state index contributed by atoms with van der Waals surface area (Å²) in [5.41, 5.74) is -0.622. The van der Waals surface area contributed by atoms with Gasteiger partial charge in [-0.05, 0) is 26.7 Å². The summed E-state index contributed by atoms with van der Waals surface area (Å²) in [5.74, 6) is -1.18. The van der Waals surface area contributed by atoms with Crippen molar-refractivity contribution in [2.24, 2.45) is 5.92 Å². The van der Waals surface area contributed by atoms with Crippen LogP contribution in [0.1, 0.15) is 41.0 Å². The molecule has 2 atom stereocenters. The van der Waals surface area contributed by atoms with Crippen LogP contribution in [-0.4, -0.2) is 34.3 Å². The molecule has 0 aromatic heterocycles. The summed E-state index contributed by atoms with van der Waals surface area (Å²) < 4.78 is 5.00. The number of rotatable bonds is 4. The molecule has 0 aromatic rings. The summed E-state index contributed by atoms with van der Waals surface area (Å²) in [5, 5.41) is 11.3. The zero-order chi connectivity index (χ0) is 12.9. The molecule has 0 bridgehead atoms. The van der Waals surface area contributed by atoms with Crippen molar-refractivity contribution in [1.29, 1.82) is 0 Å². The van der Waals surface area contributed by atoms with Crippen LogP contribution in [-0.2, 0) is 9.53 Å². The summed E-state index contributed by atoms with van der Waals surface area (Å²) in [6, 6.07) is -0.903. The minimum absolute atomic E-state index is 0. The number of nitrogens with one attached hydrogen (secondary N) is 1. The molecule has 17 heavy (non-hydrogen) atoms. The lowest BCUT2D eigenvalue weighted by Crippen LogP contribution is -2.46. The molecule has 0 aliphatic carbocycles. The Morgan fingerprint density at radius 3 is 2.12 bits per heavy atom. The van der Waals surface area contributed by atoms with Crippen LogP contribution in [0.2, 0.25) is 0 Å². The summed E-state index contributed by atoms with van der Waals surface area (Å²) in [4.78, 5) is 22.3. The summed E-state index contributed by atoms with van der Waals surface area (Å²) in [7, 11) is 0. The van der Waals surface area contributed by atoms with Gasteiger partial charge in [-0.25, -0.2) is 9.59 Å². The van der Waals surface area contributed by atoms with E-state index in [1.807, 2.05) is 6.92 Å². The minimum atomic E-state index is -1.04. The first-order chi connectivity index (χ1) is 7.17. The predicted molar refractivity (Wildman–Crippen MR) is 63.9 cm³/mol. The number of amides is 1. The van der Waals surface area contributed by atoms with E-state index >= 15 is 0 Å². The van der Waals surface area contributed by atoms with Crippen LogP contribution in [0.4, 0.5) is 4.79 Å². The van der Waals surface area contributed by atoms with Gasteiger partial charge in [0.05, 0.1) is 0 Å². The second-order valence-electron chi connectivity index (χ2n) is 4.85. The number of carbonyl (C=O) groups is 2. The molecule has 1 amide bonds. The van der Waals surface area contributed by atoms with Crippen molar-refractivity contribution in [3.8, 4) is 0 Å². The fraction of sp³-hybridized carbons (Fsp3) is 0.818. The highest BCUT2D eigenvalue weighted by Crippen LogP contribution is 2.11. The van der Waals surface area contributed by atoms with Gasteiger partial charge >= 0.3 is 12.1 Å². The lowest BCUT2D eigenvalue weighted by atomic mass is 10.00. The fourth-order valence-corrected chi connectivity index (χ4v) is 1.12. The van der Waals surface area contributed by atoms with Gasteiger partial charge in [-0.3, -0.25) is 0 Å². The molecule has 0 saturated carbocycles. The monoisotopic (exact) mass is 249 g/mol. The van der Waals surface area contributed by atoms with Crippen LogP contribution >= 0.6 is 0 Å². The average molecular weight is 249 g/mol. The second kappa shape index (κ2) is 7.11. The van der Waals surface area contributed by atoms with Crippen LogP contribution in [0.25, 0.3) is 0 Å². The third-order valence-corrected chi connectivity index (χ3v) is 2.15. The van der Waals surface area contributed by atoms with Crippen LogP contribution in [0.3, 0.4) is 0 Å². The SMILES string of the molecule is CCC(C)[C@H](NC(=O)OC(C)(C)C)C(=O)O.O. The molecule has 6 heteroatoms. The standard InChI is InChI=1S/C11H21NO4.H2O/c1-6-7(2)8(9(13)14)12-10(15)16-11(3,4)5;/h7-8H,6H2,1-5H3,(H,12,15)(H,13,14);1H2/t7?,8-;/m0./s1. The zero-order valence-corrected chi connectivity index (χ0v) is 11.0. The molecule has 0 radical (unpaired) electrons. The maximum atomic E-state index is 11.4. The van der Waals surface area contributed by atoms with E-state index in [-0.39, 0.29) is 11.4 Å². The first-order valence-electron chi connectivity index (χ1n) is 5.39. The molecule has 102 valence electrons. The molecule has 0 aromatic carbocycles. The second-order valence-corrected chi connectivity index (χ2v) is 4.85. The topological polar surface area (TPSA) is 107 Å². The van der Waals surface area contributed by atoms with Gasteiger partial charge in [0.1, 0.15) is 11.6 Å². The molecule has 0 spiro atoms. The van der Waals surface area contributed by atoms with Crippen molar-refractivity contribution in [2.75, 3.05) is 0 Å². The Labute approximate surface area is 102 Å². The number of carbonyl (C=O) groups excluding carboxylic acids is 1. The fourth-order valence-electron chi connectivity index (χ4n) is 1.12. The van der Waals surface area contributed by atoms with Gasteiger partial charge in [-0.15, -0.1) is 0 Å². The minimum Gasteiger partial charge on any atom is -0.480 e. The molecule has 0 heterocycles. The van der Waals surface area contributed by atoms with Gasteiger partial charge in [0.25, 0.3) is 0 Å². The van der Waals surface area contributed by atoms with Crippen LogP contribution in [0.15, 0.2) is 0 Å². The Morgan fingerprint density at radius 2 is 1.82 bits per heavy atom. The lowest BCUT2D eigenvalue weighted by molar-refractivity contribution is -0.140. The van der Waals surface area contributed by atoms with Gasteiger partial charge in [-0.1, -0.05) is 20.3 Å². The first-order valence-corrected chi connectivity index (χ1v) is 5.39. The van der Waals surface area contributed by atoms with Crippen LogP contribution in [0.5, 0.6) is 0 Å². The molecular weight excluding hydrogens is 226 g/mol. The summed E-state index contributed by atoms with van der Waals surface area (Å²) in [6.45, 7) is 8.83. The van der Waals surface area contributed by atoms with Crippen LogP contribution in [0, 0.1) is 5.92 Å². The van der Waals surface area contributed by atoms with E-state index in [0.29, 0.717) is 6.42 Å². The molecule has 0 aliphatic rings. The van der Waals surface area contributed by atoms with E-state index in [9.17, 15) is 9.59 Å². The summed E-state index contributed by atoms with van der Waals surface area (Å²) >= 11 is 0. The smallest absolute Gasteiger partial charge is 0.408 e. The molecule has 0 aliphatic heterocycles. The van der Waals surface area contributed by atoms with Gasteiger partial charge in [-0.2, -0.15) is 0 Å². The number of carboxylic acid groups (broad SMARTS) is 1. The van der Waals surface area contributed by atoms with Crippen molar-refractivity contribution in [3.05, 3.63) is 0 Å². The van der Waals surface area contributed by atoms with Crippen molar-refractivity contribution in [2.45, 2.75) is 52.7 Å². The normalized spacial score (nSPS) is 14.2. The quantitative estimate of drug-likeness (QED) is 0.780. The number of carboxylic acids is 1. The molecule has 0 fully saturated rings. The van der Waals surface area contributed by atoms with E-state index in [1.165, 1.54) is 0 Å². The zero-order valence-electron chi connectivity index (χ0n) is 11.0. The van der Waals surface area contributed by atoms with E-state index in [1.54, 1.807) is 27.7 Å². The number of hydrogen-bond donors (Lipinski definition) is 2. The van der Waals surface area contributed by atoms with Gasteiger partial charge in [0.15, 0.2) is 0 Å². The summed E-state index contributed by atoms with van der Waals surface area (Å²) in [6.07, 6.45) is -0.0209. The largest absolute Gasteiger partial charge is 0.480 e. The highest BCUT2D eigenvalue weighted by atomic mass is 16.6. The van der Waals surface area contributed by atoms with E-state index < -0.39 is 23.7 Å². The van der Waals surface area contributed by atoms with Crippen molar-refractivity contribution in [1.82, 2.24) is 5.32 Å². The van der Waals surface area contributed by atoms with Crippen molar-refractivity contribution >= 4 is 12.1 Å². The molecular formula is C11H23NO5. The van der Waals surface area contributed by atoms with Crippen molar-refractivity contribution < 1.29 is 24.9 Å². The molecule has 4 N–H and O–H groups in total. The third kappa shape index (κ3) is 7.57. The Balaban J connectivity index is 0. The lowest BCUT2D eigenvalue weighted by Gasteiger charge is -2.24. The average Bonchev–Trinajstić information content (AvgIpc) is 2.09. The Morgan fingerprint density at radius 1 is 1.35 bits per heavy atom. The number of aliphatic carboxylic acids is 1. The number of ether oxygens (including phenoxy) is 1. The van der Waals surface area contributed by atoms with E-state index in [4.69, 9.17) is 9.84 Å². The van der Waals surface area contributed by atoms with E-state index in [2.05, 4.69) is 5.32 Å². The maximum absolute atomic E-state index is 11.4. The first kappa shape index (κ1) is 18.1. The van der Waals surface area contributed by atoms with Gasteiger partial charge < -0.3 is 20.6 Å². The third-order valence-electron chi connectivity index (χ3n) is 2.15. The Kier molecular flexibility index (Phi) is 7.56. The van der Waals surface area contributed by atoms with Gasteiger partial charge in [0, 0.05) is 0 Å². The van der Waals surface area contributed by atoms with E-state index in [0.717, 1.165) is 0 Å². The molecule has 6 nitrogen and oxygen atoms in total. The van der Waals surface area contributed by atoms with Gasteiger partial charge in [0.2, 0.25) is 0 Å². The highest BCUT2D eigenvalue weighted by Gasteiger charge is 2.27. The maximum Gasteiger partial charge on any atom is 0.408 e. The molecule has 0 saturated heterocycles. The molecule has 1 unspecified atom stereocenters. The Bertz CT molecular complexity index is 259. The molecule has 0 rings (SSSR count). The van der Waals surface area contributed by atoms with Crippen molar-refractivity contribution in [3.63, 3.8) is 0 Å². The number of alkyl carbamates (subject to hydrolysis) is 1. The predicted octanol–water partition coefficient (Wildman–Crippen LogP) is 1.19. The number of hydrogen-bond acceptors (Lipinski definition) is 3. The highest BCUT2D eigenvalue weighted by molar-refractivity contribution is 5.80. The Hall–Kier alpha value is -1.30.